The van der Waals surface area contributed by atoms with Gasteiger partial charge in [0.15, 0.2) is 9.84 Å². The van der Waals surface area contributed by atoms with E-state index in [1.807, 2.05) is 0 Å². The SMILES string of the molecule is NC(=S)C1(C(=O)N2CCS(=O)(=O)CC2)CCOCC1. The zero-order valence-corrected chi connectivity index (χ0v) is 12.3. The number of nitrogens with two attached hydrogens (primary N) is 1. The summed E-state index contributed by atoms with van der Waals surface area (Å²) in [6.07, 6.45) is 0.953. The van der Waals surface area contributed by atoms with Crippen molar-refractivity contribution >= 4 is 33.0 Å². The molecule has 0 saturated carbocycles. The van der Waals surface area contributed by atoms with E-state index >= 15 is 0 Å². The van der Waals surface area contributed by atoms with E-state index in [-0.39, 0.29) is 35.5 Å². The molecule has 2 rings (SSSR count). The van der Waals surface area contributed by atoms with Gasteiger partial charge in [-0.2, -0.15) is 0 Å². The van der Waals surface area contributed by atoms with Crippen molar-refractivity contribution in [3.8, 4) is 0 Å². The van der Waals surface area contributed by atoms with Gasteiger partial charge in [-0.25, -0.2) is 8.42 Å². The summed E-state index contributed by atoms with van der Waals surface area (Å²) in [5, 5.41) is 0. The predicted octanol–water partition coefficient (Wildman–Crippen LogP) is -0.674. The molecule has 0 aromatic heterocycles. The van der Waals surface area contributed by atoms with Gasteiger partial charge in [0, 0.05) is 26.3 Å². The summed E-state index contributed by atoms with van der Waals surface area (Å²) in [6, 6.07) is 0. The van der Waals surface area contributed by atoms with Crippen LogP contribution in [0.1, 0.15) is 12.8 Å². The number of ether oxygens (including phenoxy) is 1. The van der Waals surface area contributed by atoms with Crippen LogP contribution in [0.25, 0.3) is 0 Å². The first-order chi connectivity index (χ1) is 8.87. The Hall–Kier alpha value is -0.730. The maximum atomic E-state index is 12.6. The first-order valence-corrected chi connectivity index (χ1v) is 8.48. The lowest BCUT2D eigenvalue weighted by molar-refractivity contribution is -0.142. The fraction of sp³-hybridized carbons (Fsp3) is 0.818. The summed E-state index contributed by atoms with van der Waals surface area (Å²) in [5.41, 5.74) is 4.92. The van der Waals surface area contributed by atoms with Crippen LogP contribution in [0.3, 0.4) is 0 Å². The molecule has 108 valence electrons. The predicted molar refractivity (Wildman–Crippen MR) is 74.5 cm³/mol. The molecule has 0 aromatic rings. The van der Waals surface area contributed by atoms with E-state index in [0.29, 0.717) is 26.1 Å². The maximum Gasteiger partial charge on any atom is 0.235 e. The number of nitrogens with zero attached hydrogens (tertiary/aromatic N) is 1. The largest absolute Gasteiger partial charge is 0.392 e. The minimum atomic E-state index is -3.00. The Balaban J connectivity index is 2.15. The van der Waals surface area contributed by atoms with E-state index < -0.39 is 15.3 Å². The van der Waals surface area contributed by atoms with E-state index in [4.69, 9.17) is 22.7 Å². The molecule has 0 unspecified atom stereocenters. The van der Waals surface area contributed by atoms with E-state index in [9.17, 15) is 13.2 Å². The second-order valence-corrected chi connectivity index (χ2v) is 7.75. The average Bonchev–Trinajstić information content (AvgIpc) is 2.38. The quantitative estimate of drug-likeness (QED) is 0.680. The van der Waals surface area contributed by atoms with Crippen LogP contribution in [0, 0.1) is 5.41 Å². The fourth-order valence-electron chi connectivity index (χ4n) is 2.50. The molecular weight excluding hydrogens is 288 g/mol. The van der Waals surface area contributed by atoms with Crippen LogP contribution in [-0.2, 0) is 19.4 Å². The molecule has 0 spiro atoms. The number of hydrogen-bond donors (Lipinski definition) is 1. The molecule has 2 heterocycles. The Morgan fingerprint density at radius 2 is 1.74 bits per heavy atom. The molecule has 0 bridgehead atoms. The summed E-state index contributed by atoms with van der Waals surface area (Å²) in [7, 11) is -3.00. The van der Waals surface area contributed by atoms with Gasteiger partial charge in [0.05, 0.1) is 16.5 Å². The highest BCUT2D eigenvalue weighted by molar-refractivity contribution is 7.91. The van der Waals surface area contributed by atoms with Gasteiger partial charge in [-0.1, -0.05) is 12.2 Å². The van der Waals surface area contributed by atoms with E-state index in [0.717, 1.165) is 0 Å². The highest BCUT2D eigenvalue weighted by Crippen LogP contribution is 2.33. The summed E-state index contributed by atoms with van der Waals surface area (Å²) in [4.78, 5) is 14.4. The smallest absolute Gasteiger partial charge is 0.235 e. The molecule has 19 heavy (non-hydrogen) atoms. The standard InChI is InChI=1S/C11H18N2O4S2/c12-9(18)11(1-5-17-6-2-11)10(14)13-3-7-19(15,16)8-4-13/h1-8H2,(H2,12,18). The number of sulfone groups is 1. The number of hydrogen-bond acceptors (Lipinski definition) is 5. The average molecular weight is 306 g/mol. The van der Waals surface area contributed by atoms with Crippen molar-refractivity contribution in [1.29, 1.82) is 0 Å². The Morgan fingerprint density at radius 1 is 1.21 bits per heavy atom. The van der Waals surface area contributed by atoms with Gasteiger partial charge in [0.25, 0.3) is 0 Å². The lowest BCUT2D eigenvalue weighted by Gasteiger charge is -2.40. The Bertz CT molecular complexity index is 469. The lowest BCUT2D eigenvalue weighted by Crippen LogP contribution is -2.56. The molecule has 0 aromatic carbocycles. The summed E-state index contributed by atoms with van der Waals surface area (Å²) in [6.45, 7) is 1.36. The van der Waals surface area contributed by atoms with Crippen molar-refractivity contribution < 1.29 is 17.9 Å². The van der Waals surface area contributed by atoms with Gasteiger partial charge in [-0.05, 0) is 12.8 Å². The number of carbonyl (C=O) groups is 1. The summed E-state index contributed by atoms with van der Waals surface area (Å²) < 4.78 is 28.1. The van der Waals surface area contributed by atoms with Crippen LogP contribution < -0.4 is 5.73 Å². The minimum Gasteiger partial charge on any atom is -0.392 e. The van der Waals surface area contributed by atoms with Gasteiger partial charge in [0.2, 0.25) is 5.91 Å². The normalized spacial score (nSPS) is 25.8. The lowest BCUT2D eigenvalue weighted by atomic mass is 9.78. The first-order valence-electron chi connectivity index (χ1n) is 6.25. The van der Waals surface area contributed by atoms with Crippen LogP contribution in [0.4, 0.5) is 0 Å². The highest BCUT2D eigenvalue weighted by atomic mass is 32.2. The van der Waals surface area contributed by atoms with Gasteiger partial charge in [0.1, 0.15) is 5.41 Å². The molecule has 8 heteroatoms. The minimum absolute atomic E-state index is 0.0165. The molecule has 2 N–H and O–H groups in total. The zero-order chi connectivity index (χ0) is 14.1. The van der Waals surface area contributed by atoms with Crippen molar-refractivity contribution in [3.05, 3.63) is 0 Å². The second-order valence-electron chi connectivity index (χ2n) is 5.00. The Kier molecular flexibility index (Phi) is 4.12. The molecule has 2 aliphatic heterocycles. The molecule has 1 amide bonds. The van der Waals surface area contributed by atoms with E-state index in [1.54, 1.807) is 4.90 Å². The first kappa shape index (κ1) is 14.7. The van der Waals surface area contributed by atoms with Crippen LogP contribution in [0.15, 0.2) is 0 Å². The number of carbonyl (C=O) groups excluding carboxylic acids is 1. The highest BCUT2D eigenvalue weighted by Gasteiger charge is 2.46. The Morgan fingerprint density at radius 3 is 2.21 bits per heavy atom. The van der Waals surface area contributed by atoms with Crippen molar-refractivity contribution in [2.45, 2.75) is 12.8 Å². The molecule has 6 nitrogen and oxygen atoms in total. The van der Waals surface area contributed by atoms with Crippen LogP contribution in [0.5, 0.6) is 0 Å². The fourth-order valence-corrected chi connectivity index (χ4v) is 4.00. The molecular formula is C11H18N2O4S2. The summed E-state index contributed by atoms with van der Waals surface area (Å²) in [5.74, 6) is -0.108. The number of rotatable bonds is 2. The van der Waals surface area contributed by atoms with E-state index in [1.165, 1.54) is 0 Å². The third-order valence-electron chi connectivity index (χ3n) is 3.86. The van der Waals surface area contributed by atoms with Gasteiger partial charge < -0.3 is 15.4 Å². The van der Waals surface area contributed by atoms with E-state index in [2.05, 4.69) is 0 Å². The van der Waals surface area contributed by atoms with Gasteiger partial charge >= 0.3 is 0 Å². The Labute approximate surface area is 118 Å². The third kappa shape index (κ3) is 2.90. The van der Waals surface area contributed by atoms with Crippen LogP contribution in [0.2, 0.25) is 0 Å². The van der Waals surface area contributed by atoms with Crippen molar-refractivity contribution in [2.75, 3.05) is 37.8 Å². The molecule has 2 fully saturated rings. The monoisotopic (exact) mass is 306 g/mol. The molecule has 2 aliphatic rings. The van der Waals surface area contributed by atoms with Crippen molar-refractivity contribution in [1.82, 2.24) is 4.90 Å². The molecule has 0 radical (unpaired) electrons. The van der Waals surface area contributed by atoms with Crippen LogP contribution in [-0.4, -0.2) is 62.0 Å². The third-order valence-corrected chi connectivity index (χ3v) is 5.86. The molecule has 2 saturated heterocycles. The maximum absolute atomic E-state index is 12.6. The van der Waals surface area contributed by atoms with Crippen molar-refractivity contribution in [2.24, 2.45) is 11.1 Å². The summed E-state index contributed by atoms with van der Waals surface area (Å²) >= 11 is 5.07. The van der Waals surface area contributed by atoms with Gasteiger partial charge in [-0.3, -0.25) is 4.79 Å². The van der Waals surface area contributed by atoms with Gasteiger partial charge in [-0.15, -0.1) is 0 Å². The number of amides is 1. The number of thiocarbonyl (C=S) groups is 1. The second kappa shape index (κ2) is 5.34. The molecule has 0 atom stereocenters. The van der Waals surface area contributed by atoms with Crippen LogP contribution >= 0.6 is 12.2 Å². The van der Waals surface area contributed by atoms with Crippen molar-refractivity contribution in [3.63, 3.8) is 0 Å². The topological polar surface area (TPSA) is 89.7 Å². The molecule has 0 aliphatic carbocycles. The zero-order valence-electron chi connectivity index (χ0n) is 10.6.